The summed E-state index contributed by atoms with van der Waals surface area (Å²) >= 11 is 0. The van der Waals surface area contributed by atoms with Crippen LogP contribution in [0, 0.1) is 0 Å². The topological polar surface area (TPSA) is 55.6 Å². The molecule has 4 nitrogen and oxygen atoms in total. The number of hydrogen-bond acceptors (Lipinski definition) is 3. The van der Waals surface area contributed by atoms with Crippen molar-refractivity contribution in [2.45, 2.75) is 31.5 Å². The number of benzene rings is 1. The zero-order chi connectivity index (χ0) is 12.5. The maximum Gasteiger partial charge on any atom is 0.256 e. The summed E-state index contributed by atoms with van der Waals surface area (Å²) in [5.41, 5.74) is 7.87. The lowest BCUT2D eigenvalue weighted by Gasteiger charge is -2.21. The lowest BCUT2D eigenvalue weighted by molar-refractivity contribution is -0.129. The predicted molar refractivity (Wildman–Crippen MR) is 76.7 cm³/mol. The summed E-state index contributed by atoms with van der Waals surface area (Å²) in [5.74, 6) is 0.0934. The number of carbonyl (C=O) groups is 1. The number of halogens is 1. The molecule has 1 aromatic carbocycles. The van der Waals surface area contributed by atoms with Crippen molar-refractivity contribution in [2.75, 3.05) is 18.0 Å². The Bertz CT molecular complexity index is 467. The molecule has 2 heterocycles. The monoisotopic (exact) mass is 282 g/mol. The molecule has 1 saturated heterocycles. The highest BCUT2D eigenvalue weighted by atomic mass is 35.5. The maximum absolute atomic E-state index is 12.4. The molecule has 2 aliphatic heterocycles. The zero-order valence-corrected chi connectivity index (χ0v) is 11.6. The Morgan fingerprint density at radius 2 is 2.16 bits per heavy atom. The Labute approximate surface area is 119 Å². The van der Waals surface area contributed by atoms with Gasteiger partial charge in [0.05, 0.1) is 6.10 Å². The minimum absolute atomic E-state index is 0. The second kappa shape index (κ2) is 5.90. The first-order chi connectivity index (χ1) is 8.79. The number of carbonyl (C=O) groups excluding carboxylic acids is 1. The van der Waals surface area contributed by atoms with E-state index in [4.69, 9.17) is 10.5 Å². The summed E-state index contributed by atoms with van der Waals surface area (Å²) in [4.78, 5) is 14.3. The first-order valence-corrected chi connectivity index (χ1v) is 6.54. The van der Waals surface area contributed by atoms with E-state index in [1.165, 1.54) is 5.56 Å². The van der Waals surface area contributed by atoms with Crippen LogP contribution >= 0.6 is 12.4 Å². The molecule has 3 rings (SSSR count). The molecule has 1 aromatic rings. The van der Waals surface area contributed by atoms with Gasteiger partial charge in [-0.1, -0.05) is 18.2 Å². The third-order valence-electron chi connectivity index (χ3n) is 3.80. The number of fused-ring (bicyclic) bond motifs is 1. The minimum atomic E-state index is -0.301. The largest absolute Gasteiger partial charge is 0.364 e. The van der Waals surface area contributed by atoms with Crippen LogP contribution in [0.1, 0.15) is 18.4 Å². The number of anilines is 1. The van der Waals surface area contributed by atoms with E-state index in [9.17, 15) is 4.79 Å². The highest BCUT2D eigenvalue weighted by Gasteiger charge is 2.35. The molecular formula is C14H19ClN2O2. The van der Waals surface area contributed by atoms with Crippen LogP contribution < -0.4 is 10.6 Å². The number of ether oxygens (including phenoxy) is 1. The van der Waals surface area contributed by atoms with Gasteiger partial charge in [-0.15, -0.1) is 12.4 Å². The van der Waals surface area contributed by atoms with Crippen LogP contribution in [0.2, 0.25) is 0 Å². The van der Waals surface area contributed by atoms with Crippen molar-refractivity contribution in [2.24, 2.45) is 5.73 Å². The normalized spacial score (nSPS) is 25.0. The molecule has 2 atom stereocenters. The Kier molecular flexibility index (Phi) is 4.45. The first kappa shape index (κ1) is 14.3. The fraction of sp³-hybridized carbons (Fsp3) is 0.500. The van der Waals surface area contributed by atoms with Gasteiger partial charge < -0.3 is 15.4 Å². The van der Waals surface area contributed by atoms with Crippen molar-refractivity contribution in [1.82, 2.24) is 0 Å². The molecular weight excluding hydrogens is 264 g/mol. The minimum Gasteiger partial charge on any atom is -0.364 e. The molecule has 0 aliphatic carbocycles. The van der Waals surface area contributed by atoms with Crippen molar-refractivity contribution in [1.29, 1.82) is 0 Å². The summed E-state index contributed by atoms with van der Waals surface area (Å²) in [6.45, 7) is 1.27. The van der Waals surface area contributed by atoms with Crippen LogP contribution in [0.4, 0.5) is 5.69 Å². The van der Waals surface area contributed by atoms with E-state index in [1.54, 1.807) is 0 Å². The Morgan fingerprint density at radius 3 is 2.89 bits per heavy atom. The van der Waals surface area contributed by atoms with E-state index < -0.39 is 0 Å². The lowest BCUT2D eigenvalue weighted by atomic mass is 10.1. The summed E-state index contributed by atoms with van der Waals surface area (Å²) in [5, 5.41) is 0. The van der Waals surface area contributed by atoms with Gasteiger partial charge in [-0.25, -0.2) is 0 Å². The van der Waals surface area contributed by atoms with Gasteiger partial charge in [-0.3, -0.25) is 4.79 Å². The molecule has 5 heteroatoms. The lowest BCUT2D eigenvalue weighted by Crippen LogP contribution is -2.38. The number of amides is 1. The van der Waals surface area contributed by atoms with E-state index >= 15 is 0 Å². The molecule has 1 fully saturated rings. The zero-order valence-electron chi connectivity index (χ0n) is 10.7. The molecule has 2 aliphatic rings. The van der Waals surface area contributed by atoms with Crippen LogP contribution in [0.15, 0.2) is 24.3 Å². The van der Waals surface area contributed by atoms with E-state index in [0.29, 0.717) is 6.54 Å². The highest BCUT2D eigenvalue weighted by Crippen LogP contribution is 2.30. The van der Waals surface area contributed by atoms with Crippen molar-refractivity contribution in [3.05, 3.63) is 29.8 Å². The van der Waals surface area contributed by atoms with Gasteiger partial charge in [-0.2, -0.15) is 0 Å². The Morgan fingerprint density at radius 1 is 1.37 bits per heavy atom. The van der Waals surface area contributed by atoms with E-state index in [2.05, 4.69) is 6.07 Å². The second-order valence-electron chi connectivity index (χ2n) is 4.93. The fourth-order valence-electron chi connectivity index (χ4n) is 2.80. The molecule has 0 unspecified atom stereocenters. The standard InChI is InChI=1S/C14H18N2O2.ClH/c15-9-11-5-6-13(18-11)14(17)16-8-7-10-3-1-2-4-12(10)16;/h1-4,11,13H,5-9,15H2;1H/t11-,13+;/m1./s1. The van der Waals surface area contributed by atoms with Gasteiger partial charge in [0.1, 0.15) is 6.10 Å². The van der Waals surface area contributed by atoms with Gasteiger partial charge >= 0.3 is 0 Å². The van der Waals surface area contributed by atoms with Crippen LogP contribution in [0.5, 0.6) is 0 Å². The van der Waals surface area contributed by atoms with Gasteiger partial charge in [0.15, 0.2) is 0 Å². The molecule has 0 bridgehead atoms. The van der Waals surface area contributed by atoms with Crippen molar-refractivity contribution < 1.29 is 9.53 Å². The summed E-state index contributed by atoms with van der Waals surface area (Å²) in [6, 6.07) is 8.09. The second-order valence-corrected chi connectivity index (χ2v) is 4.93. The van der Waals surface area contributed by atoms with Gasteiger partial charge in [0.25, 0.3) is 5.91 Å². The third-order valence-corrected chi connectivity index (χ3v) is 3.80. The van der Waals surface area contributed by atoms with Crippen molar-refractivity contribution >= 4 is 24.0 Å². The summed E-state index contributed by atoms with van der Waals surface area (Å²) in [6.07, 6.45) is 2.37. The molecule has 1 amide bonds. The Hall–Kier alpha value is -1.10. The van der Waals surface area contributed by atoms with Crippen LogP contribution in [0.25, 0.3) is 0 Å². The maximum atomic E-state index is 12.4. The third kappa shape index (κ3) is 2.61. The molecule has 19 heavy (non-hydrogen) atoms. The predicted octanol–water partition coefficient (Wildman–Crippen LogP) is 1.50. The number of nitrogens with zero attached hydrogens (tertiary/aromatic N) is 1. The fourth-order valence-corrected chi connectivity index (χ4v) is 2.80. The van der Waals surface area contributed by atoms with Crippen LogP contribution in [-0.2, 0) is 16.0 Å². The van der Waals surface area contributed by atoms with Crippen molar-refractivity contribution in [3.63, 3.8) is 0 Å². The summed E-state index contributed by atoms with van der Waals surface area (Å²) < 4.78 is 5.68. The first-order valence-electron chi connectivity index (χ1n) is 6.54. The molecule has 0 radical (unpaired) electrons. The van der Waals surface area contributed by atoms with Gasteiger partial charge in [0, 0.05) is 18.8 Å². The highest BCUT2D eigenvalue weighted by molar-refractivity contribution is 5.98. The number of para-hydroxylation sites is 1. The smallest absolute Gasteiger partial charge is 0.256 e. The summed E-state index contributed by atoms with van der Waals surface area (Å²) in [7, 11) is 0. The molecule has 0 aromatic heterocycles. The van der Waals surface area contributed by atoms with Crippen LogP contribution in [0.3, 0.4) is 0 Å². The van der Waals surface area contributed by atoms with Crippen LogP contribution in [-0.4, -0.2) is 31.2 Å². The molecule has 0 spiro atoms. The average Bonchev–Trinajstić information content (AvgIpc) is 3.04. The van der Waals surface area contributed by atoms with Gasteiger partial charge in [-0.05, 0) is 30.9 Å². The average molecular weight is 283 g/mol. The number of hydrogen-bond donors (Lipinski definition) is 1. The number of rotatable bonds is 2. The molecule has 104 valence electrons. The quantitative estimate of drug-likeness (QED) is 0.894. The SMILES string of the molecule is Cl.NC[C@H]1CC[C@@H](C(=O)N2CCc3ccccc32)O1. The molecule has 2 N–H and O–H groups in total. The van der Waals surface area contributed by atoms with E-state index in [0.717, 1.165) is 31.5 Å². The Balaban J connectivity index is 0.00000133. The molecule has 0 saturated carbocycles. The van der Waals surface area contributed by atoms with Crippen molar-refractivity contribution in [3.8, 4) is 0 Å². The van der Waals surface area contributed by atoms with E-state index in [-0.39, 0.29) is 30.5 Å². The van der Waals surface area contributed by atoms with E-state index in [1.807, 2.05) is 23.1 Å². The number of nitrogens with two attached hydrogens (primary N) is 1. The van der Waals surface area contributed by atoms with Gasteiger partial charge in [0.2, 0.25) is 0 Å².